The molecule has 25 heavy (non-hydrogen) atoms. The average molecular weight is 366 g/mol. The molecule has 2 aliphatic rings. The van der Waals surface area contributed by atoms with Gasteiger partial charge < -0.3 is 10.1 Å². The Morgan fingerprint density at radius 3 is 2.36 bits per heavy atom. The summed E-state index contributed by atoms with van der Waals surface area (Å²) in [6.45, 7) is 3.55. The zero-order chi connectivity index (χ0) is 17.3. The van der Waals surface area contributed by atoms with Crippen molar-refractivity contribution in [2.75, 3.05) is 38.2 Å². The predicted molar refractivity (Wildman–Crippen MR) is 102 cm³/mol. The maximum absolute atomic E-state index is 12.3. The molecule has 0 spiro atoms. The highest BCUT2D eigenvalue weighted by Crippen LogP contribution is 2.27. The van der Waals surface area contributed by atoms with Crippen molar-refractivity contribution in [2.24, 2.45) is 0 Å². The van der Waals surface area contributed by atoms with Crippen LogP contribution in [0, 0.1) is 0 Å². The highest BCUT2D eigenvalue weighted by molar-refractivity contribution is 7.15. The molecule has 2 heterocycles. The highest BCUT2D eigenvalue weighted by atomic mass is 32.1. The van der Waals surface area contributed by atoms with Crippen molar-refractivity contribution in [2.45, 2.75) is 64.2 Å². The van der Waals surface area contributed by atoms with Crippen LogP contribution in [-0.4, -0.2) is 48.6 Å². The first-order chi connectivity index (χ1) is 12.3. The number of anilines is 1. The molecule has 0 unspecified atom stereocenters. The number of hydrogen-bond acceptors (Lipinski definition) is 5. The summed E-state index contributed by atoms with van der Waals surface area (Å²) >= 11 is 1.69. The fourth-order valence-corrected chi connectivity index (χ4v) is 4.65. The van der Waals surface area contributed by atoms with Gasteiger partial charge in [-0.05, 0) is 25.7 Å². The number of nitrogens with one attached hydrogen (secondary N) is 1. The normalized spacial score (nSPS) is 21.0. The lowest BCUT2D eigenvalue weighted by atomic mass is 10.0. The van der Waals surface area contributed by atoms with Gasteiger partial charge in [-0.2, -0.15) is 0 Å². The lowest BCUT2D eigenvalue weighted by Gasteiger charge is -2.25. The van der Waals surface area contributed by atoms with Gasteiger partial charge >= 0.3 is 0 Å². The van der Waals surface area contributed by atoms with Crippen LogP contribution in [0.5, 0.6) is 0 Å². The van der Waals surface area contributed by atoms with Gasteiger partial charge in [-0.25, -0.2) is 4.98 Å². The molecule has 1 amide bonds. The zero-order valence-electron chi connectivity index (χ0n) is 15.2. The van der Waals surface area contributed by atoms with Gasteiger partial charge in [0.05, 0.1) is 25.5 Å². The van der Waals surface area contributed by atoms with Crippen LogP contribution in [0.3, 0.4) is 0 Å². The third kappa shape index (κ3) is 6.35. The quantitative estimate of drug-likeness (QED) is 0.889. The molecule has 140 valence electrons. The first-order valence-corrected chi connectivity index (χ1v) is 10.7. The molecule has 5 nitrogen and oxygen atoms in total. The Bertz CT molecular complexity index is 511. The van der Waals surface area contributed by atoms with Gasteiger partial charge in [0.15, 0.2) is 5.13 Å². The number of aromatic nitrogens is 1. The fraction of sp³-hybridized carbons (Fsp3) is 0.789. The average Bonchev–Trinajstić information content (AvgIpc) is 2.97. The lowest BCUT2D eigenvalue weighted by molar-refractivity contribution is -0.118. The first kappa shape index (κ1) is 18.8. The van der Waals surface area contributed by atoms with Crippen molar-refractivity contribution < 1.29 is 9.53 Å². The number of rotatable bonds is 3. The summed E-state index contributed by atoms with van der Waals surface area (Å²) in [5.41, 5.74) is 1.23. The number of nitrogens with zero attached hydrogens (tertiary/aromatic N) is 2. The minimum Gasteiger partial charge on any atom is -0.379 e. The number of thiazole rings is 1. The fourth-order valence-electron chi connectivity index (χ4n) is 3.59. The van der Waals surface area contributed by atoms with Crippen molar-refractivity contribution in [3.63, 3.8) is 0 Å². The van der Waals surface area contributed by atoms with Gasteiger partial charge in [0.25, 0.3) is 0 Å². The Balaban J connectivity index is 1.56. The molecule has 1 aromatic rings. The summed E-state index contributed by atoms with van der Waals surface area (Å²) in [7, 11) is 0. The number of fused-ring (bicyclic) bond motifs is 1. The van der Waals surface area contributed by atoms with E-state index >= 15 is 0 Å². The van der Waals surface area contributed by atoms with Crippen molar-refractivity contribution in [1.29, 1.82) is 0 Å². The standard InChI is InChI=1S/C19H31N3O2S/c23-18(15-22-11-13-24-14-12-22)21-19-20-16-9-7-5-3-1-2-4-6-8-10-17(16)25-19/h1-15H2,(H,20,21,23). The lowest BCUT2D eigenvalue weighted by Crippen LogP contribution is -2.41. The van der Waals surface area contributed by atoms with Crippen LogP contribution in [0.4, 0.5) is 5.13 Å². The van der Waals surface area contributed by atoms with E-state index in [1.807, 2.05) is 0 Å². The van der Waals surface area contributed by atoms with E-state index < -0.39 is 0 Å². The number of aryl methyl sites for hydroxylation is 2. The van der Waals surface area contributed by atoms with Gasteiger partial charge in [-0.3, -0.25) is 9.69 Å². The third-order valence-electron chi connectivity index (χ3n) is 5.06. The number of carbonyl (C=O) groups excluding carboxylic acids is 1. The first-order valence-electron chi connectivity index (χ1n) is 9.90. The van der Waals surface area contributed by atoms with Crippen molar-refractivity contribution in [1.82, 2.24) is 9.88 Å². The molecular weight excluding hydrogens is 334 g/mol. The summed E-state index contributed by atoms with van der Waals surface area (Å²) in [4.78, 5) is 20.6. The second-order valence-corrected chi connectivity index (χ2v) is 8.24. The molecule has 0 aromatic carbocycles. The van der Waals surface area contributed by atoms with Crippen molar-refractivity contribution in [3.8, 4) is 0 Å². The number of carbonyl (C=O) groups is 1. The van der Waals surface area contributed by atoms with Gasteiger partial charge in [0, 0.05) is 18.0 Å². The molecule has 1 aromatic heterocycles. The van der Waals surface area contributed by atoms with Gasteiger partial charge in [-0.1, -0.05) is 38.5 Å². The molecule has 1 N–H and O–H groups in total. The third-order valence-corrected chi connectivity index (χ3v) is 6.14. The molecule has 0 radical (unpaired) electrons. The summed E-state index contributed by atoms with van der Waals surface area (Å²) < 4.78 is 5.33. The second kappa shape index (κ2) is 10.2. The highest BCUT2D eigenvalue weighted by Gasteiger charge is 2.17. The summed E-state index contributed by atoms with van der Waals surface area (Å²) in [5.74, 6) is 0.0478. The smallest absolute Gasteiger partial charge is 0.240 e. The predicted octanol–water partition coefficient (Wildman–Crippen LogP) is 3.63. The minimum absolute atomic E-state index is 0.0478. The molecule has 1 aliphatic carbocycles. The van der Waals surface area contributed by atoms with E-state index in [9.17, 15) is 4.79 Å². The number of ether oxygens (including phenoxy) is 1. The van der Waals surface area contributed by atoms with E-state index in [0.717, 1.165) is 44.3 Å². The Kier molecular flexibility index (Phi) is 7.70. The molecule has 3 rings (SSSR count). The van der Waals surface area contributed by atoms with Crippen LogP contribution in [0.25, 0.3) is 0 Å². The molecule has 0 bridgehead atoms. The second-order valence-electron chi connectivity index (χ2n) is 7.15. The maximum atomic E-state index is 12.3. The largest absolute Gasteiger partial charge is 0.379 e. The SMILES string of the molecule is O=C(CN1CCOCC1)Nc1nc2c(s1)CCCCCCCCCC2. The van der Waals surface area contributed by atoms with E-state index in [1.54, 1.807) is 11.3 Å². The van der Waals surface area contributed by atoms with Gasteiger partial charge in [0.1, 0.15) is 0 Å². The van der Waals surface area contributed by atoms with Crippen LogP contribution >= 0.6 is 11.3 Å². The summed E-state index contributed by atoms with van der Waals surface area (Å²) in [5, 5.41) is 3.82. The number of morpholine rings is 1. The van der Waals surface area contributed by atoms with Crippen LogP contribution in [-0.2, 0) is 22.4 Å². The van der Waals surface area contributed by atoms with E-state index in [1.165, 1.54) is 61.9 Å². The molecule has 1 fully saturated rings. The molecule has 0 atom stereocenters. The van der Waals surface area contributed by atoms with E-state index in [2.05, 4.69) is 10.2 Å². The van der Waals surface area contributed by atoms with E-state index in [-0.39, 0.29) is 5.91 Å². The van der Waals surface area contributed by atoms with Crippen LogP contribution in [0.15, 0.2) is 0 Å². The Labute approximate surface area is 155 Å². The monoisotopic (exact) mass is 365 g/mol. The van der Waals surface area contributed by atoms with E-state index in [0.29, 0.717) is 6.54 Å². The molecule has 6 heteroatoms. The Hall–Kier alpha value is -0.980. The van der Waals surface area contributed by atoms with Crippen LogP contribution in [0.1, 0.15) is 61.9 Å². The Morgan fingerprint density at radius 1 is 1.00 bits per heavy atom. The van der Waals surface area contributed by atoms with Crippen LogP contribution in [0.2, 0.25) is 0 Å². The van der Waals surface area contributed by atoms with Crippen molar-refractivity contribution >= 4 is 22.4 Å². The van der Waals surface area contributed by atoms with Gasteiger partial charge in [0.2, 0.25) is 5.91 Å². The summed E-state index contributed by atoms with van der Waals surface area (Å²) in [6, 6.07) is 0. The zero-order valence-corrected chi connectivity index (χ0v) is 16.0. The van der Waals surface area contributed by atoms with Crippen LogP contribution < -0.4 is 5.32 Å². The number of amides is 1. The number of hydrogen-bond donors (Lipinski definition) is 1. The minimum atomic E-state index is 0.0478. The van der Waals surface area contributed by atoms with Crippen molar-refractivity contribution in [3.05, 3.63) is 10.6 Å². The molecular formula is C19H31N3O2S. The van der Waals surface area contributed by atoms with Gasteiger partial charge in [-0.15, -0.1) is 11.3 Å². The maximum Gasteiger partial charge on any atom is 0.240 e. The topological polar surface area (TPSA) is 54.5 Å². The van der Waals surface area contributed by atoms with E-state index in [4.69, 9.17) is 9.72 Å². The Morgan fingerprint density at radius 2 is 1.64 bits per heavy atom. The molecule has 1 aliphatic heterocycles. The summed E-state index contributed by atoms with van der Waals surface area (Å²) in [6.07, 6.45) is 12.7. The molecule has 0 saturated carbocycles. The molecule has 1 saturated heterocycles.